The van der Waals surface area contributed by atoms with Crippen LogP contribution in [0.5, 0.6) is 28.9 Å². The van der Waals surface area contributed by atoms with Crippen LogP contribution in [0.4, 0.5) is 16.2 Å². The number of carbonyl (C=O) groups excluding carboxylic acids is 1. The lowest BCUT2D eigenvalue weighted by Crippen LogP contribution is -2.38. The van der Waals surface area contributed by atoms with E-state index in [-0.39, 0.29) is 6.03 Å². The highest BCUT2D eigenvalue weighted by molar-refractivity contribution is 6.03. The van der Waals surface area contributed by atoms with Crippen LogP contribution in [-0.4, -0.2) is 43.9 Å². The molecule has 0 bridgehead atoms. The Labute approximate surface area is 208 Å². The number of urea groups is 1. The first-order chi connectivity index (χ1) is 17.6. The highest BCUT2D eigenvalue weighted by Gasteiger charge is 2.24. The monoisotopic (exact) mass is 486 g/mol. The standard InChI is InChI=1S/C27H26N4O5/c1-33-23-9-5-4-8-20(23)30-27(32)31-12-6-7-17-13-18(10-11-22(17)31)36-26-19-14-24(34-2)25(35-3)15-21(19)28-16-29-26/h4-5,8-11,13-16H,6-7,12H2,1-3H3,(H,30,32). The number of ether oxygens (including phenoxy) is 4. The third-order valence-corrected chi connectivity index (χ3v) is 6.08. The fourth-order valence-corrected chi connectivity index (χ4v) is 4.33. The van der Waals surface area contributed by atoms with Crippen molar-refractivity contribution in [2.24, 2.45) is 0 Å². The Balaban J connectivity index is 1.41. The van der Waals surface area contributed by atoms with Crippen LogP contribution in [0.1, 0.15) is 12.0 Å². The summed E-state index contributed by atoms with van der Waals surface area (Å²) in [6, 6.07) is 16.4. The van der Waals surface area contributed by atoms with Crippen LogP contribution in [0.2, 0.25) is 0 Å². The molecule has 1 aliphatic heterocycles. The number of carbonyl (C=O) groups is 1. The lowest BCUT2D eigenvalue weighted by Gasteiger charge is -2.30. The number of hydrogen-bond donors (Lipinski definition) is 1. The molecule has 0 fully saturated rings. The van der Waals surface area contributed by atoms with Gasteiger partial charge in [-0.15, -0.1) is 0 Å². The normalized spacial score (nSPS) is 12.6. The molecule has 4 aromatic rings. The first kappa shape index (κ1) is 23.2. The van der Waals surface area contributed by atoms with Crippen LogP contribution >= 0.6 is 0 Å². The molecular weight excluding hydrogens is 460 g/mol. The molecule has 184 valence electrons. The van der Waals surface area contributed by atoms with Crippen molar-refractivity contribution in [3.8, 4) is 28.9 Å². The summed E-state index contributed by atoms with van der Waals surface area (Å²) in [5.41, 5.74) is 3.17. The number of benzene rings is 3. The predicted molar refractivity (Wildman–Crippen MR) is 137 cm³/mol. The van der Waals surface area contributed by atoms with Crippen LogP contribution in [0.3, 0.4) is 0 Å². The number of nitrogens with zero attached hydrogens (tertiary/aromatic N) is 3. The number of rotatable bonds is 6. The Kier molecular flexibility index (Phi) is 6.44. The number of aromatic nitrogens is 2. The largest absolute Gasteiger partial charge is 0.495 e. The zero-order chi connectivity index (χ0) is 25.1. The molecule has 2 amide bonds. The van der Waals surface area contributed by atoms with Gasteiger partial charge < -0.3 is 24.3 Å². The van der Waals surface area contributed by atoms with Crippen LogP contribution in [0, 0.1) is 0 Å². The van der Waals surface area contributed by atoms with Crippen molar-refractivity contribution in [3.63, 3.8) is 0 Å². The lowest BCUT2D eigenvalue weighted by atomic mass is 10.0. The van der Waals surface area contributed by atoms with Crippen molar-refractivity contribution in [2.45, 2.75) is 12.8 Å². The van der Waals surface area contributed by atoms with Crippen LogP contribution in [-0.2, 0) is 6.42 Å². The molecule has 0 spiro atoms. The van der Waals surface area contributed by atoms with Crippen LogP contribution in [0.15, 0.2) is 60.9 Å². The molecule has 0 atom stereocenters. The quantitative estimate of drug-likeness (QED) is 0.388. The van der Waals surface area contributed by atoms with E-state index in [1.807, 2.05) is 42.5 Å². The minimum Gasteiger partial charge on any atom is -0.495 e. The second-order valence-electron chi connectivity index (χ2n) is 8.18. The minimum atomic E-state index is -0.211. The van der Waals surface area contributed by atoms with Gasteiger partial charge in [-0.25, -0.2) is 14.8 Å². The lowest BCUT2D eigenvalue weighted by molar-refractivity contribution is 0.256. The zero-order valence-electron chi connectivity index (χ0n) is 20.3. The van der Waals surface area contributed by atoms with Crippen LogP contribution < -0.4 is 29.2 Å². The van der Waals surface area contributed by atoms with Crippen molar-refractivity contribution in [3.05, 3.63) is 66.5 Å². The molecule has 5 rings (SSSR count). The summed E-state index contributed by atoms with van der Waals surface area (Å²) in [4.78, 5) is 23.5. The van der Waals surface area contributed by atoms with Crippen LogP contribution in [0.25, 0.3) is 10.9 Å². The Hall–Kier alpha value is -4.53. The number of methoxy groups -OCH3 is 3. The number of hydrogen-bond acceptors (Lipinski definition) is 7. The van der Waals surface area contributed by atoms with Gasteiger partial charge in [0.05, 0.1) is 37.9 Å². The maximum atomic E-state index is 13.1. The summed E-state index contributed by atoms with van der Waals surface area (Å²) in [5.74, 6) is 2.78. The maximum absolute atomic E-state index is 13.1. The topological polar surface area (TPSA) is 95.0 Å². The second-order valence-corrected chi connectivity index (χ2v) is 8.18. The van der Waals surface area contributed by atoms with Gasteiger partial charge in [-0.1, -0.05) is 12.1 Å². The van der Waals surface area contributed by atoms with E-state index in [1.165, 1.54) is 6.33 Å². The molecule has 36 heavy (non-hydrogen) atoms. The van der Waals surface area contributed by atoms with Gasteiger partial charge in [-0.2, -0.15) is 0 Å². The van der Waals surface area contributed by atoms with Crippen molar-refractivity contribution >= 4 is 28.3 Å². The average molecular weight is 487 g/mol. The van der Waals surface area contributed by atoms with Gasteiger partial charge in [0.25, 0.3) is 0 Å². The van der Waals surface area contributed by atoms with Crippen molar-refractivity contribution in [2.75, 3.05) is 38.1 Å². The fourth-order valence-electron chi connectivity index (χ4n) is 4.33. The molecule has 1 N–H and O–H groups in total. The summed E-state index contributed by atoms with van der Waals surface area (Å²) in [6.07, 6.45) is 3.12. The molecule has 0 saturated carbocycles. The molecule has 9 nitrogen and oxygen atoms in total. The summed E-state index contributed by atoms with van der Waals surface area (Å²) in [5, 5.41) is 3.66. The predicted octanol–water partition coefficient (Wildman–Crippen LogP) is 5.43. The first-order valence-corrected chi connectivity index (χ1v) is 11.5. The van der Waals surface area contributed by atoms with E-state index in [4.69, 9.17) is 18.9 Å². The van der Waals surface area contributed by atoms with Gasteiger partial charge in [0, 0.05) is 18.3 Å². The van der Waals surface area contributed by atoms with E-state index in [2.05, 4.69) is 15.3 Å². The van der Waals surface area contributed by atoms with Gasteiger partial charge in [0.2, 0.25) is 5.88 Å². The average Bonchev–Trinajstić information content (AvgIpc) is 2.92. The first-order valence-electron chi connectivity index (χ1n) is 11.5. The Morgan fingerprint density at radius 1 is 0.917 bits per heavy atom. The summed E-state index contributed by atoms with van der Waals surface area (Å²) >= 11 is 0. The van der Waals surface area contributed by atoms with E-state index in [0.29, 0.717) is 52.0 Å². The Morgan fingerprint density at radius 3 is 2.50 bits per heavy atom. The van der Waals surface area contributed by atoms with E-state index in [0.717, 1.165) is 24.1 Å². The Morgan fingerprint density at radius 2 is 1.69 bits per heavy atom. The molecule has 0 saturated heterocycles. The third kappa shape index (κ3) is 4.43. The molecular formula is C27H26N4O5. The summed E-state index contributed by atoms with van der Waals surface area (Å²) < 4.78 is 22.3. The molecule has 9 heteroatoms. The van der Waals surface area contributed by atoms with E-state index < -0.39 is 0 Å². The zero-order valence-corrected chi connectivity index (χ0v) is 20.3. The summed E-state index contributed by atoms with van der Waals surface area (Å²) in [6.45, 7) is 0.617. The molecule has 1 aliphatic rings. The van der Waals surface area contributed by atoms with Crippen molar-refractivity contribution in [1.29, 1.82) is 0 Å². The number of nitrogens with one attached hydrogen (secondary N) is 1. The van der Waals surface area contributed by atoms with Crippen molar-refractivity contribution < 1.29 is 23.7 Å². The van der Waals surface area contributed by atoms with Gasteiger partial charge in [-0.3, -0.25) is 4.90 Å². The molecule has 1 aromatic heterocycles. The second kappa shape index (κ2) is 9.99. The number of anilines is 2. The maximum Gasteiger partial charge on any atom is 0.326 e. The van der Waals surface area contributed by atoms with E-state index in [9.17, 15) is 4.79 Å². The van der Waals surface area contributed by atoms with Gasteiger partial charge in [0.1, 0.15) is 17.8 Å². The number of para-hydroxylation sites is 2. The number of aryl methyl sites for hydroxylation is 1. The van der Waals surface area contributed by atoms with Gasteiger partial charge >= 0.3 is 6.03 Å². The summed E-state index contributed by atoms with van der Waals surface area (Å²) in [7, 11) is 4.73. The third-order valence-electron chi connectivity index (χ3n) is 6.08. The van der Waals surface area contributed by atoms with E-state index >= 15 is 0 Å². The molecule has 0 radical (unpaired) electrons. The minimum absolute atomic E-state index is 0.211. The molecule has 2 heterocycles. The van der Waals surface area contributed by atoms with E-state index in [1.54, 1.807) is 38.4 Å². The molecule has 0 unspecified atom stereocenters. The number of fused-ring (bicyclic) bond motifs is 2. The smallest absolute Gasteiger partial charge is 0.326 e. The highest BCUT2D eigenvalue weighted by Crippen LogP contribution is 2.37. The number of amides is 2. The van der Waals surface area contributed by atoms with Crippen molar-refractivity contribution in [1.82, 2.24) is 9.97 Å². The fraction of sp³-hybridized carbons (Fsp3) is 0.222. The molecule has 0 aliphatic carbocycles. The molecule has 3 aromatic carbocycles. The SMILES string of the molecule is COc1ccccc1NC(=O)N1CCCc2cc(Oc3ncnc4cc(OC)c(OC)cc34)ccc21. The van der Waals surface area contributed by atoms with Gasteiger partial charge in [-0.05, 0) is 54.8 Å². The highest BCUT2D eigenvalue weighted by atomic mass is 16.5. The Bertz CT molecular complexity index is 1420. The van der Waals surface area contributed by atoms with Gasteiger partial charge in [0.15, 0.2) is 11.5 Å².